The SMILES string of the molecule is CC(C)c1cc(C(C)C)c(C(=O)N=O)c(C(C)C)c1. The van der Waals surface area contributed by atoms with Crippen LogP contribution < -0.4 is 0 Å². The first-order valence-electron chi connectivity index (χ1n) is 6.85. The van der Waals surface area contributed by atoms with Gasteiger partial charge >= 0.3 is 5.91 Å². The summed E-state index contributed by atoms with van der Waals surface area (Å²) >= 11 is 0. The summed E-state index contributed by atoms with van der Waals surface area (Å²) in [5.74, 6) is 0.125. The second-order valence-corrected chi connectivity index (χ2v) is 5.93. The molecule has 104 valence electrons. The minimum Gasteiger partial charge on any atom is -0.263 e. The Labute approximate surface area is 115 Å². The van der Waals surface area contributed by atoms with E-state index in [1.165, 1.54) is 5.56 Å². The van der Waals surface area contributed by atoms with Crippen molar-refractivity contribution in [3.63, 3.8) is 0 Å². The van der Waals surface area contributed by atoms with E-state index < -0.39 is 5.91 Å². The highest BCUT2D eigenvalue weighted by atomic mass is 16.3. The van der Waals surface area contributed by atoms with Gasteiger partial charge in [-0.1, -0.05) is 53.7 Å². The maximum absolute atomic E-state index is 11.9. The molecule has 0 spiro atoms. The second kappa shape index (κ2) is 6.09. The van der Waals surface area contributed by atoms with E-state index in [9.17, 15) is 9.70 Å². The molecule has 1 aromatic rings. The lowest BCUT2D eigenvalue weighted by molar-refractivity contribution is 0.0998. The van der Waals surface area contributed by atoms with Gasteiger partial charge in [0.15, 0.2) is 0 Å². The number of hydrogen-bond acceptors (Lipinski definition) is 2. The summed E-state index contributed by atoms with van der Waals surface area (Å²) in [7, 11) is 0. The number of carbonyl (C=O) groups is 1. The average Bonchev–Trinajstić information content (AvgIpc) is 2.35. The van der Waals surface area contributed by atoms with Crippen molar-refractivity contribution in [2.75, 3.05) is 0 Å². The molecule has 0 saturated heterocycles. The third-order valence-electron chi connectivity index (χ3n) is 3.43. The predicted molar refractivity (Wildman–Crippen MR) is 78.8 cm³/mol. The first-order valence-corrected chi connectivity index (χ1v) is 6.85. The molecule has 3 heteroatoms. The summed E-state index contributed by atoms with van der Waals surface area (Å²) < 4.78 is 0. The molecule has 1 amide bonds. The van der Waals surface area contributed by atoms with Gasteiger partial charge in [-0.25, -0.2) is 0 Å². The monoisotopic (exact) mass is 261 g/mol. The first-order chi connectivity index (χ1) is 8.79. The topological polar surface area (TPSA) is 46.5 Å². The third kappa shape index (κ3) is 3.28. The Balaban J connectivity index is 3.65. The van der Waals surface area contributed by atoms with Crippen LogP contribution in [-0.4, -0.2) is 5.91 Å². The Morgan fingerprint density at radius 2 is 1.32 bits per heavy atom. The first kappa shape index (κ1) is 15.5. The molecule has 1 rings (SSSR count). The highest BCUT2D eigenvalue weighted by molar-refractivity contribution is 5.98. The van der Waals surface area contributed by atoms with Gasteiger partial charge in [-0.2, -0.15) is 0 Å². The molecular formula is C16H23NO2. The normalized spacial score (nSPS) is 11.4. The number of hydrogen-bond donors (Lipinski definition) is 0. The van der Waals surface area contributed by atoms with Crippen molar-refractivity contribution in [3.05, 3.63) is 39.3 Å². The maximum atomic E-state index is 11.9. The molecule has 3 nitrogen and oxygen atoms in total. The molecule has 0 aliphatic heterocycles. The van der Waals surface area contributed by atoms with E-state index in [0.717, 1.165) is 11.1 Å². The van der Waals surface area contributed by atoms with Gasteiger partial charge in [0.1, 0.15) is 0 Å². The quantitative estimate of drug-likeness (QED) is 0.719. The molecule has 0 unspecified atom stereocenters. The molecule has 0 atom stereocenters. The molecule has 0 aliphatic rings. The van der Waals surface area contributed by atoms with Crippen LogP contribution in [0, 0.1) is 4.91 Å². The van der Waals surface area contributed by atoms with Crippen molar-refractivity contribution >= 4 is 5.91 Å². The van der Waals surface area contributed by atoms with E-state index in [2.05, 4.69) is 19.0 Å². The number of carbonyl (C=O) groups excluding carboxylic acids is 1. The van der Waals surface area contributed by atoms with E-state index in [1.54, 1.807) is 0 Å². The predicted octanol–water partition coefficient (Wildman–Crippen LogP) is 4.96. The standard InChI is InChI=1S/C16H23NO2/c1-9(2)12-7-13(10(3)4)15(16(18)17-19)14(8-12)11(5)6/h7-11H,1-6H3. The Kier molecular flexibility index (Phi) is 4.98. The maximum Gasteiger partial charge on any atom is 0.317 e. The smallest absolute Gasteiger partial charge is 0.263 e. The minimum atomic E-state index is -0.650. The fraction of sp³-hybridized carbons (Fsp3) is 0.562. The minimum absolute atomic E-state index is 0.192. The Bertz CT molecular complexity index is 459. The highest BCUT2D eigenvalue weighted by Gasteiger charge is 2.22. The van der Waals surface area contributed by atoms with Gasteiger partial charge < -0.3 is 0 Å². The summed E-state index contributed by atoms with van der Waals surface area (Å²) in [5, 5.41) is 2.63. The van der Waals surface area contributed by atoms with Crippen LogP contribution >= 0.6 is 0 Å². The molecule has 0 bridgehead atoms. The zero-order valence-electron chi connectivity index (χ0n) is 12.7. The third-order valence-corrected chi connectivity index (χ3v) is 3.43. The Hall–Kier alpha value is -1.51. The second-order valence-electron chi connectivity index (χ2n) is 5.93. The Morgan fingerprint density at radius 3 is 1.58 bits per heavy atom. The van der Waals surface area contributed by atoms with Gasteiger partial charge in [0.25, 0.3) is 0 Å². The van der Waals surface area contributed by atoms with Crippen molar-refractivity contribution < 1.29 is 4.79 Å². The molecule has 0 heterocycles. The number of benzene rings is 1. The zero-order chi connectivity index (χ0) is 14.7. The molecule has 0 aromatic heterocycles. The van der Waals surface area contributed by atoms with Gasteiger partial charge in [-0.3, -0.25) is 4.79 Å². The molecule has 0 saturated carbocycles. The van der Waals surface area contributed by atoms with Crippen molar-refractivity contribution in [2.45, 2.75) is 59.3 Å². The lowest BCUT2D eigenvalue weighted by atomic mass is 9.84. The van der Waals surface area contributed by atoms with Gasteiger partial charge in [0.05, 0.1) is 5.56 Å². The van der Waals surface area contributed by atoms with Crippen molar-refractivity contribution in [2.24, 2.45) is 5.18 Å². The van der Waals surface area contributed by atoms with Crippen LogP contribution in [0.4, 0.5) is 0 Å². The summed E-state index contributed by atoms with van der Waals surface area (Å²) in [4.78, 5) is 22.5. The fourth-order valence-corrected chi connectivity index (χ4v) is 2.25. The molecule has 0 fully saturated rings. The van der Waals surface area contributed by atoms with Gasteiger partial charge in [0.2, 0.25) is 0 Å². The summed E-state index contributed by atoms with van der Waals surface area (Å²) in [6.45, 7) is 12.4. The largest absolute Gasteiger partial charge is 0.317 e. The van der Waals surface area contributed by atoms with E-state index in [-0.39, 0.29) is 11.8 Å². The van der Waals surface area contributed by atoms with Gasteiger partial charge in [0, 0.05) is 5.18 Å². The fourth-order valence-electron chi connectivity index (χ4n) is 2.25. The van der Waals surface area contributed by atoms with Crippen molar-refractivity contribution in [1.29, 1.82) is 0 Å². The number of nitroso groups, excluding NO2 is 1. The molecular weight excluding hydrogens is 238 g/mol. The average molecular weight is 261 g/mol. The summed E-state index contributed by atoms with van der Waals surface area (Å²) in [6, 6.07) is 4.08. The van der Waals surface area contributed by atoms with Crippen LogP contribution in [0.5, 0.6) is 0 Å². The van der Waals surface area contributed by atoms with Crippen LogP contribution in [0.3, 0.4) is 0 Å². The molecule has 0 aliphatic carbocycles. The van der Waals surface area contributed by atoms with Gasteiger partial charge in [-0.05, 0) is 34.4 Å². The van der Waals surface area contributed by atoms with Crippen LogP contribution in [0.25, 0.3) is 0 Å². The number of amides is 1. The lowest BCUT2D eigenvalue weighted by Gasteiger charge is -2.20. The van der Waals surface area contributed by atoms with Crippen LogP contribution in [0.1, 0.15) is 86.3 Å². The number of nitrogens with zero attached hydrogens (tertiary/aromatic N) is 1. The highest BCUT2D eigenvalue weighted by Crippen LogP contribution is 2.32. The van der Waals surface area contributed by atoms with E-state index in [0.29, 0.717) is 11.5 Å². The summed E-state index contributed by atoms with van der Waals surface area (Å²) in [6.07, 6.45) is 0. The number of rotatable bonds is 4. The molecule has 0 N–H and O–H groups in total. The van der Waals surface area contributed by atoms with E-state index >= 15 is 0 Å². The summed E-state index contributed by atoms with van der Waals surface area (Å²) in [5.41, 5.74) is 3.57. The van der Waals surface area contributed by atoms with Crippen molar-refractivity contribution in [1.82, 2.24) is 0 Å². The van der Waals surface area contributed by atoms with Crippen LogP contribution in [0.15, 0.2) is 17.3 Å². The zero-order valence-corrected chi connectivity index (χ0v) is 12.7. The van der Waals surface area contributed by atoms with Crippen LogP contribution in [-0.2, 0) is 0 Å². The van der Waals surface area contributed by atoms with E-state index in [4.69, 9.17) is 0 Å². The lowest BCUT2D eigenvalue weighted by Crippen LogP contribution is -2.10. The molecule has 0 radical (unpaired) electrons. The van der Waals surface area contributed by atoms with Crippen molar-refractivity contribution in [3.8, 4) is 0 Å². The van der Waals surface area contributed by atoms with E-state index in [1.807, 2.05) is 39.8 Å². The Morgan fingerprint density at radius 1 is 0.895 bits per heavy atom. The van der Waals surface area contributed by atoms with Gasteiger partial charge in [-0.15, -0.1) is 4.91 Å². The molecule has 19 heavy (non-hydrogen) atoms. The van der Waals surface area contributed by atoms with Crippen LogP contribution in [0.2, 0.25) is 0 Å². The molecule has 1 aromatic carbocycles.